The van der Waals surface area contributed by atoms with Gasteiger partial charge in [0.05, 0.1) is 14.2 Å². The summed E-state index contributed by atoms with van der Waals surface area (Å²) in [5.74, 6) is 4.31. The summed E-state index contributed by atoms with van der Waals surface area (Å²) in [7, 11) is 3.34. The topological polar surface area (TPSA) is 21.7 Å². The normalized spacial score (nSPS) is 14.7. The van der Waals surface area contributed by atoms with Crippen molar-refractivity contribution in [2.45, 2.75) is 19.4 Å². The Labute approximate surface area is 109 Å². The van der Waals surface area contributed by atoms with Crippen LogP contribution in [0.15, 0.2) is 12.1 Å². The lowest BCUT2D eigenvalue weighted by atomic mass is 9.98. The van der Waals surface area contributed by atoms with E-state index >= 15 is 0 Å². The van der Waals surface area contributed by atoms with Crippen molar-refractivity contribution in [2.75, 3.05) is 27.3 Å². The van der Waals surface area contributed by atoms with Crippen molar-refractivity contribution < 1.29 is 9.47 Å². The Morgan fingerprint density at radius 3 is 2.50 bits per heavy atom. The van der Waals surface area contributed by atoms with E-state index in [9.17, 15) is 0 Å². The van der Waals surface area contributed by atoms with Crippen LogP contribution in [0.3, 0.4) is 0 Å². The number of benzene rings is 1. The summed E-state index contributed by atoms with van der Waals surface area (Å²) in [6.45, 7) is 2.96. The molecule has 3 nitrogen and oxygen atoms in total. The number of ether oxygens (including phenoxy) is 2. The van der Waals surface area contributed by atoms with Gasteiger partial charge in [-0.1, -0.05) is 0 Å². The van der Waals surface area contributed by atoms with E-state index in [1.165, 1.54) is 11.1 Å². The van der Waals surface area contributed by atoms with Crippen LogP contribution in [0.25, 0.3) is 0 Å². The van der Waals surface area contributed by atoms with Gasteiger partial charge in [-0.05, 0) is 29.7 Å². The summed E-state index contributed by atoms with van der Waals surface area (Å²) >= 11 is 0. The van der Waals surface area contributed by atoms with Crippen LogP contribution in [0.2, 0.25) is 0 Å². The zero-order valence-corrected chi connectivity index (χ0v) is 11.0. The molecule has 2 rings (SSSR count). The van der Waals surface area contributed by atoms with E-state index in [0.717, 1.165) is 44.0 Å². The molecule has 0 saturated carbocycles. The molecule has 1 aliphatic heterocycles. The van der Waals surface area contributed by atoms with E-state index in [1.54, 1.807) is 14.2 Å². The Hall–Kier alpha value is -1.66. The first-order chi connectivity index (χ1) is 8.78. The van der Waals surface area contributed by atoms with E-state index in [1.807, 2.05) is 0 Å². The molecule has 0 atom stereocenters. The smallest absolute Gasteiger partial charge is 0.161 e. The van der Waals surface area contributed by atoms with Crippen molar-refractivity contribution >= 4 is 0 Å². The maximum absolute atomic E-state index is 5.34. The highest BCUT2D eigenvalue weighted by Crippen LogP contribution is 2.33. The molecule has 1 aromatic rings. The van der Waals surface area contributed by atoms with Crippen LogP contribution in [0, 0.1) is 12.3 Å². The van der Waals surface area contributed by atoms with E-state index in [2.05, 4.69) is 23.0 Å². The Bertz CT molecular complexity index is 462. The van der Waals surface area contributed by atoms with Crippen LogP contribution in [-0.4, -0.2) is 32.2 Å². The first-order valence-corrected chi connectivity index (χ1v) is 6.18. The number of hydrogen-bond donors (Lipinski definition) is 0. The first kappa shape index (κ1) is 12.8. The molecule has 0 unspecified atom stereocenters. The van der Waals surface area contributed by atoms with Gasteiger partial charge in [-0.3, -0.25) is 4.90 Å². The second-order valence-electron chi connectivity index (χ2n) is 4.46. The first-order valence-electron chi connectivity index (χ1n) is 6.18. The van der Waals surface area contributed by atoms with E-state index in [0.29, 0.717) is 0 Å². The van der Waals surface area contributed by atoms with Gasteiger partial charge in [0.25, 0.3) is 0 Å². The number of terminal acetylenes is 1. The Morgan fingerprint density at radius 1 is 1.22 bits per heavy atom. The predicted octanol–water partition coefficient (Wildman–Crippen LogP) is 2.09. The van der Waals surface area contributed by atoms with E-state index in [4.69, 9.17) is 15.9 Å². The molecule has 18 heavy (non-hydrogen) atoms. The maximum atomic E-state index is 5.34. The zero-order valence-electron chi connectivity index (χ0n) is 11.0. The summed E-state index contributed by atoms with van der Waals surface area (Å²) in [6, 6.07) is 4.17. The van der Waals surface area contributed by atoms with Crippen molar-refractivity contribution in [2.24, 2.45) is 0 Å². The van der Waals surface area contributed by atoms with Gasteiger partial charge in [-0.2, -0.15) is 0 Å². The number of rotatable bonds is 4. The highest BCUT2D eigenvalue weighted by atomic mass is 16.5. The molecule has 1 heterocycles. The second kappa shape index (κ2) is 5.79. The van der Waals surface area contributed by atoms with Gasteiger partial charge in [0, 0.05) is 26.1 Å². The van der Waals surface area contributed by atoms with Crippen LogP contribution in [0.4, 0.5) is 0 Å². The quantitative estimate of drug-likeness (QED) is 0.758. The maximum Gasteiger partial charge on any atom is 0.161 e. The van der Waals surface area contributed by atoms with Gasteiger partial charge in [0.15, 0.2) is 11.5 Å². The summed E-state index contributed by atoms with van der Waals surface area (Å²) in [5, 5.41) is 0. The highest BCUT2D eigenvalue weighted by molar-refractivity contribution is 5.48. The van der Waals surface area contributed by atoms with Gasteiger partial charge >= 0.3 is 0 Å². The van der Waals surface area contributed by atoms with Crippen molar-refractivity contribution in [1.29, 1.82) is 0 Å². The average Bonchev–Trinajstić information content (AvgIpc) is 2.43. The molecule has 0 radical (unpaired) electrons. The molecule has 3 heteroatoms. The molecule has 0 amide bonds. The van der Waals surface area contributed by atoms with Crippen molar-refractivity contribution in [3.8, 4) is 23.8 Å². The number of nitrogens with zero attached hydrogens (tertiary/aromatic N) is 1. The summed E-state index contributed by atoms with van der Waals surface area (Å²) in [4.78, 5) is 2.38. The van der Waals surface area contributed by atoms with Crippen LogP contribution in [-0.2, 0) is 13.0 Å². The lowest BCUT2D eigenvalue weighted by Gasteiger charge is -2.28. The predicted molar refractivity (Wildman–Crippen MR) is 72.0 cm³/mol. The molecule has 0 saturated heterocycles. The van der Waals surface area contributed by atoms with Crippen molar-refractivity contribution in [3.63, 3.8) is 0 Å². The molecule has 1 aromatic carbocycles. The standard InChI is InChI=1S/C15H19NO2/c1-4-5-7-16-8-6-12-9-14(17-2)15(18-3)10-13(12)11-16/h1,9-10H,5-8,11H2,2-3H3. The molecule has 0 fully saturated rings. The average molecular weight is 245 g/mol. The molecule has 96 valence electrons. The van der Waals surface area contributed by atoms with Crippen LogP contribution < -0.4 is 9.47 Å². The highest BCUT2D eigenvalue weighted by Gasteiger charge is 2.18. The van der Waals surface area contributed by atoms with Crippen molar-refractivity contribution in [3.05, 3.63) is 23.3 Å². The molecular formula is C15H19NO2. The molecule has 0 spiro atoms. The molecule has 0 aromatic heterocycles. The minimum Gasteiger partial charge on any atom is -0.493 e. The van der Waals surface area contributed by atoms with Crippen LogP contribution in [0.1, 0.15) is 17.5 Å². The van der Waals surface area contributed by atoms with Crippen LogP contribution in [0.5, 0.6) is 11.5 Å². The second-order valence-corrected chi connectivity index (χ2v) is 4.46. The van der Waals surface area contributed by atoms with E-state index in [-0.39, 0.29) is 0 Å². The molecular weight excluding hydrogens is 226 g/mol. The molecule has 0 bridgehead atoms. The third-order valence-corrected chi connectivity index (χ3v) is 3.37. The molecule has 0 N–H and O–H groups in total. The van der Waals surface area contributed by atoms with Gasteiger partial charge in [-0.25, -0.2) is 0 Å². The van der Waals surface area contributed by atoms with Gasteiger partial charge in [0.2, 0.25) is 0 Å². The lowest BCUT2D eigenvalue weighted by molar-refractivity contribution is 0.258. The van der Waals surface area contributed by atoms with Gasteiger partial charge in [-0.15, -0.1) is 12.3 Å². The van der Waals surface area contributed by atoms with Gasteiger partial charge in [0.1, 0.15) is 0 Å². The molecule has 0 aliphatic carbocycles. The fourth-order valence-corrected chi connectivity index (χ4v) is 2.36. The number of methoxy groups -OCH3 is 2. The lowest BCUT2D eigenvalue weighted by Crippen LogP contribution is -2.31. The Kier molecular flexibility index (Phi) is 4.11. The largest absolute Gasteiger partial charge is 0.493 e. The third kappa shape index (κ3) is 2.60. The Balaban J connectivity index is 2.19. The van der Waals surface area contributed by atoms with Crippen molar-refractivity contribution in [1.82, 2.24) is 4.90 Å². The minimum absolute atomic E-state index is 0.801. The third-order valence-electron chi connectivity index (χ3n) is 3.37. The summed E-state index contributed by atoms with van der Waals surface area (Å²) < 4.78 is 10.7. The fourth-order valence-electron chi connectivity index (χ4n) is 2.36. The minimum atomic E-state index is 0.801. The SMILES string of the molecule is C#CCCN1CCc2cc(OC)c(OC)cc2C1. The number of hydrogen-bond acceptors (Lipinski definition) is 3. The fraction of sp³-hybridized carbons (Fsp3) is 0.467. The number of fused-ring (bicyclic) bond motifs is 1. The monoisotopic (exact) mass is 245 g/mol. The summed E-state index contributed by atoms with van der Waals surface area (Å²) in [6.07, 6.45) is 7.16. The zero-order chi connectivity index (χ0) is 13.0. The van der Waals surface area contributed by atoms with E-state index < -0.39 is 0 Å². The van der Waals surface area contributed by atoms with Gasteiger partial charge < -0.3 is 9.47 Å². The van der Waals surface area contributed by atoms with Crippen LogP contribution >= 0.6 is 0 Å². The summed E-state index contributed by atoms with van der Waals surface area (Å²) in [5.41, 5.74) is 2.67. The Morgan fingerprint density at radius 2 is 1.89 bits per heavy atom. The molecule has 1 aliphatic rings.